The summed E-state index contributed by atoms with van der Waals surface area (Å²) < 4.78 is 0. The minimum absolute atomic E-state index is 0.0516. The average Bonchev–Trinajstić information content (AvgIpc) is 2.57. The van der Waals surface area contributed by atoms with Crippen LogP contribution in [0.1, 0.15) is 29.2 Å². The molecule has 0 saturated heterocycles. The van der Waals surface area contributed by atoms with Gasteiger partial charge in [0.1, 0.15) is 0 Å². The first-order valence-corrected chi connectivity index (χ1v) is 8.36. The van der Waals surface area contributed by atoms with E-state index in [2.05, 4.69) is 4.98 Å². The Bertz CT molecular complexity index is 971. The van der Waals surface area contributed by atoms with Gasteiger partial charge in [0.15, 0.2) is 0 Å². The molecule has 0 atom stereocenters. The van der Waals surface area contributed by atoms with Gasteiger partial charge in [-0.05, 0) is 43.0 Å². The molecule has 4 nitrogen and oxygen atoms in total. The number of carbonyl (C=O) groups excluding carboxylic acids is 1. The number of nitrogens with zero attached hydrogens (tertiary/aromatic N) is 1. The van der Waals surface area contributed by atoms with Crippen molar-refractivity contribution in [3.8, 4) is 0 Å². The molecule has 0 spiro atoms. The molecule has 2 aromatic carbocycles. The predicted octanol–water partition coefficient (Wildman–Crippen LogP) is 3.69. The third-order valence-electron chi connectivity index (χ3n) is 4.38. The molecule has 25 heavy (non-hydrogen) atoms. The lowest BCUT2D eigenvalue weighted by Crippen LogP contribution is -2.30. The van der Waals surface area contributed by atoms with Crippen LogP contribution in [0.2, 0.25) is 0 Å². The van der Waals surface area contributed by atoms with Crippen LogP contribution in [0, 0.1) is 13.8 Å². The summed E-state index contributed by atoms with van der Waals surface area (Å²) in [5.74, 6) is -0.0516. The number of aromatic amines is 1. The number of hydrogen-bond donors (Lipinski definition) is 1. The monoisotopic (exact) mass is 334 g/mol. The Morgan fingerprint density at radius 2 is 1.64 bits per heavy atom. The fourth-order valence-electron chi connectivity index (χ4n) is 2.89. The van der Waals surface area contributed by atoms with Crippen LogP contribution in [0.25, 0.3) is 10.9 Å². The highest BCUT2D eigenvalue weighted by molar-refractivity contribution is 5.80. The smallest absolute Gasteiger partial charge is 0.253 e. The second-order valence-electron chi connectivity index (χ2n) is 6.58. The van der Waals surface area contributed by atoms with Crippen LogP contribution in [0.4, 0.5) is 0 Å². The zero-order valence-electron chi connectivity index (χ0n) is 14.8. The van der Waals surface area contributed by atoms with Gasteiger partial charge in [0, 0.05) is 24.5 Å². The Balaban J connectivity index is 1.90. The number of H-pyrrole nitrogens is 1. The second-order valence-corrected chi connectivity index (χ2v) is 6.58. The highest BCUT2D eigenvalue weighted by Crippen LogP contribution is 2.15. The van der Waals surface area contributed by atoms with Crippen LogP contribution in [-0.2, 0) is 17.9 Å². The first-order chi connectivity index (χ1) is 11.9. The number of fused-ring (bicyclic) bond motifs is 1. The van der Waals surface area contributed by atoms with Crippen LogP contribution in [0.15, 0.2) is 53.3 Å². The lowest BCUT2D eigenvalue weighted by molar-refractivity contribution is -0.130. The SMILES string of the molecule is CC(=O)N(Cc1ccc(C)cc1)Cc1cc2cc(C)ccc2[nH]c1=O. The van der Waals surface area contributed by atoms with E-state index in [0.29, 0.717) is 18.7 Å². The molecular weight excluding hydrogens is 312 g/mol. The Labute approximate surface area is 147 Å². The molecule has 1 heterocycles. The molecule has 0 bridgehead atoms. The molecule has 1 aromatic heterocycles. The molecule has 3 rings (SSSR count). The van der Waals surface area contributed by atoms with E-state index in [0.717, 1.165) is 22.0 Å². The maximum Gasteiger partial charge on any atom is 0.253 e. The predicted molar refractivity (Wildman–Crippen MR) is 100 cm³/mol. The molecule has 0 aliphatic carbocycles. The molecular formula is C21H22N2O2. The summed E-state index contributed by atoms with van der Waals surface area (Å²) in [4.78, 5) is 29.0. The van der Waals surface area contributed by atoms with Crippen LogP contribution < -0.4 is 5.56 Å². The number of pyridine rings is 1. The lowest BCUT2D eigenvalue weighted by atomic mass is 10.1. The average molecular weight is 334 g/mol. The summed E-state index contributed by atoms with van der Waals surface area (Å²) in [5, 5.41) is 0.980. The van der Waals surface area contributed by atoms with Crippen molar-refractivity contribution in [1.29, 1.82) is 0 Å². The Morgan fingerprint density at radius 1 is 0.960 bits per heavy atom. The maximum atomic E-state index is 12.4. The third kappa shape index (κ3) is 3.97. The Hall–Kier alpha value is -2.88. The molecule has 128 valence electrons. The van der Waals surface area contributed by atoms with Crippen LogP contribution in [-0.4, -0.2) is 15.8 Å². The van der Waals surface area contributed by atoms with E-state index in [9.17, 15) is 9.59 Å². The molecule has 4 heteroatoms. The van der Waals surface area contributed by atoms with E-state index < -0.39 is 0 Å². The van der Waals surface area contributed by atoms with E-state index >= 15 is 0 Å². The van der Waals surface area contributed by atoms with Crippen molar-refractivity contribution in [2.45, 2.75) is 33.9 Å². The molecule has 1 amide bonds. The molecule has 0 radical (unpaired) electrons. The van der Waals surface area contributed by atoms with Crippen molar-refractivity contribution >= 4 is 16.8 Å². The summed E-state index contributed by atoms with van der Waals surface area (Å²) in [6, 6.07) is 15.9. The Morgan fingerprint density at radius 3 is 2.32 bits per heavy atom. The van der Waals surface area contributed by atoms with Crippen LogP contribution in [0.3, 0.4) is 0 Å². The van der Waals surface area contributed by atoms with Crippen molar-refractivity contribution in [3.05, 3.63) is 81.1 Å². The number of amides is 1. The normalized spacial score (nSPS) is 10.8. The minimum atomic E-state index is -0.147. The quantitative estimate of drug-likeness (QED) is 0.791. The van der Waals surface area contributed by atoms with Gasteiger partial charge in [0.25, 0.3) is 5.56 Å². The molecule has 0 fully saturated rings. The van der Waals surface area contributed by atoms with Crippen molar-refractivity contribution in [3.63, 3.8) is 0 Å². The molecule has 3 aromatic rings. The zero-order valence-corrected chi connectivity index (χ0v) is 14.8. The number of nitrogens with one attached hydrogen (secondary N) is 1. The van der Waals surface area contributed by atoms with Gasteiger partial charge in [-0.25, -0.2) is 0 Å². The molecule has 0 saturated carbocycles. The first kappa shape index (κ1) is 17.0. The van der Waals surface area contributed by atoms with Crippen molar-refractivity contribution < 1.29 is 4.79 Å². The van der Waals surface area contributed by atoms with Gasteiger partial charge in [0.05, 0.1) is 6.54 Å². The fraction of sp³-hybridized carbons (Fsp3) is 0.238. The van der Waals surface area contributed by atoms with Gasteiger partial charge in [-0.2, -0.15) is 0 Å². The number of hydrogen-bond acceptors (Lipinski definition) is 2. The van der Waals surface area contributed by atoms with Gasteiger partial charge >= 0.3 is 0 Å². The number of rotatable bonds is 4. The summed E-state index contributed by atoms with van der Waals surface area (Å²) in [6.07, 6.45) is 0. The van der Waals surface area contributed by atoms with Gasteiger partial charge < -0.3 is 9.88 Å². The van der Waals surface area contributed by atoms with E-state index in [1.165, 1.54) is 12.5 Å². The van der Waals surface area contributed by atoms with Crippen molar-refractivity contribution in [2.24, 2.45) is 0 Å². The highest BCUT2D eigenvalue weighted by Gasteiger charge is 2.13. The first-order valence-electron chi connectivity index (χ1n) is 8.36. The number of benzene rings is 2. The molecule has 0 aliphatic rings. The standard InChI is InChI=1S/C21H22N2O2/c1-14-4-7-17(8-5-14)12-23(16(3)24)13-19-11-18-10-15(2)6-9-20(18)22-21(19)25/h4-11H,12-13H2,1-3H3,(H,22,25). The van der Waals surface area contributed by atoms with Crippen LogP contribution in [0.5, 0.6) is 0 Å². The highest BCUT2D eigenvalue weighted by atomic mass is 16.2. The summed E-state index contributed by atoms with van der Waals surface area (Å²) in [6.45, 7) is 6.36. The summed E-state index contributed by atoms with van der Waals surface area (Å²) in [5.41, 5.74) is 4.63. The van der Waals surface area contributed by atoms with E-state index in [1.807, 2.05) is 62.4 Å². The van der Waals surface area contributed by atoms with Gasteiger partial charge in [-0.3, -0.25) is 9.59 Å². The number of carbonyl (C=O) groups is 1. The molecule has 1 N–H and O–H groups in total. The lowest BCUT2D eigenvalue weighted by Gasteiger charge is -2.21. The van der Waals surface area contributed by atoms with E-state index in [4.69, 9.17) is 0 Å². The third-order valence-corrected chi connectivity index (χ3v) is 4.38. The largest absolute Gasteiger partial charge is 0.334 e. The Kier molecular flexibility index (Phi) is 4.70. The minimum Gasteiger partial charge on any atom is -0.334 e. The number of aryl methyl sites for hydroxylation is 2. The maximum absolute atomic E-state index is 12.4. The molecule has 0 unspecified atom stereocenters. The van der Waals surface area contributed by atoms with Crippen molar-refractivity contribution in [2.75, 3.05) is 0 Å². The van der Waals surface area contributed by atoms with E-state index in [1.54, 1.807) is 4.90 Å². The molecule has 0 aliphatic heterocycles. The topological polar surface area (TPSA) is 53.2 Å². The second kappa shape index (κ2) is 6.93. The zero-order chi connectivity index (χ0) is 18.0. The van der Waals surface area contributed by atoms with Crippen molar-refractivity contribution in [1.82, 2.24) is 9.88 Å². The summed E-state index contributed by atoms with van der Waals surface area (Å²) >= 11 is 0. The van der Waals surface area contributed by atoms with Crippen LogP contribution >= 0.6 is 0 Å². The fourth-order valence-corrected chi connectivity index (χ4v) is 2.89. The van der Waals surface area contributed by atoms with E-state index in [-0.39, 0.29) is 11.5 Å². The van der Waals surface area contributed by atoms with Gasteiger partial charge in [-0.15, -0.1) is 0 Å². The summed E-state index contributed by atoms with van der Waals surface area (Å²) in [7, 11) is 0. The van der Waals surface area contributed by atoms with Gasteiger partial charge in [-0.1, -0.05) is 41.5 Å². The number of aromatic nitrogens is 1. The van der Waals surface area contributed by atoms with Gasteiger partial charge in [0.2, 0.25) is 5.91 Å².